The van der Waals surface area contributed by atoms with Crippen molar-refractivity contribution >= 4 is 21.8 Å². The monoisotopic (exact) mass is 326 g/mol. The first-order valence-corrected chi connectivity index (χ1v) is 7.35. The Kier molecular flexibility index (Phi) is 5.22. The number of para-hydroxylation sites is 1. The second-order valence-electron chi connectivity index (χ2n) is 4.67. The van der Waals surface area contributed by atoms with Crippen LogP contribution in [0.1, 0.15) is 13.3 Å². The van der Waals surface area contributed by atoms with Crippen molar-refractivity contribution in [2.24, 2.45) is 0 Å². The quantitative estimate of drug-likeness (QED) is 0.920. The summed E-state index contributed by atoms with van der Waals surface area (Å²) < 4.78 is 6.54. The van der Waals surface area contributed by atoms with E-state index in [1.165, 1.54) is 0 Å². The average Bonchev–Trinajstić information content (AvgIpc) is 2.41. The Hall–Kier alpha value is -1.07. The van der Waals surface area contributed by atoms with Gasteiger partial charge in [-0.2, -0.15) is 0 Å². The average molecular weight is 327 g/mol. The van der Waals surface area contributed by atoms with E-state index in [9.17, 15) is 4.79 Å². The fraction of sp³-hybridized carbons (Fsp3) is 0.500. The van der Waals surface area contributed by atoms with Crippen LogP contribution in [0.2, 0.25) is 0 Å². The first-order chi connectivity index (χ1) is 9.18. The molecular formula is C14H19BrN2O2. The fourth-order valence-electron chi connectivity index (χ4n) is 2.17. The van der Waals surface area contributed by atoms with Crippen molar-refractivity contribution in [2.75, 3.05) is 26.2 Å². The smallest absolute Gasteiger partial charge is 0.226 e. The zero-order chi connectivity index (χ0) is 13.7. The minimum absolute atomic E-state index is 0.168. The lowest BCUT2D eigenvalue weighted by Gasteiger charge is -2.34. The van der Waals surface area contributed by atoms with Crippen molar-refractivity contribution in [3.63, 3.8) is 0 Å². The molecule has 1 aromatic rings. The van der Waals surface area contributed by atoms with Crippen molar-refractivity contribution < 1.29 is 9.53 Å². The van der Waals surface area contributed by atoms with E-state index in [1.54, 1.807) is 0 Å². The van der Waals surface area contributed by atoms with Crippen molar-refractivity contribution in [1.29, 1.82) is 0 Å². The Labute approximate surface area is 122 Å². The molecule has 0 saturated carbocycles. The van der Waals surface area contributed by atoms with Crippen LogP contribution in [-0.2, 0) is 4.79 Å². The van der Waals surface area contributed by atoms with Crippen LogP contribution in [0.25, 0.3) is 0 Å². The highest BCUT2D eigenvalue weighted by Gasteiger charge is 2.22. The number of ether oxygens (including phenoxy) is 1. The molecule has 0 spiro atoms. The number of amides is 1. The molecule has 0 bridgehead atoms. The topological polar surface area (TPSA) is 41.6 Å². The summed E-state index contributed by atoms with van der Waals surface area (Å²) >= 11 is 3.42. The van der Waals surface area contributed by atoms with Gasteiger partial charge in [-0.25, -0.2) is 0 Å². The number of piperazine rings is 1. The first-order valence-electron chi connectivity index (χ1n) is 6.56. The van der Waals surface area contributed by atoms with Gasteiger partial charge in [0, 0.05) is 25.7 Å². The molecule has 0 aliphatic carbocycles. The third-order valence-electron chi connectivity index (χ3n) is 3.23. The number of halogens is 1. The van der Waals surface area contributed by atoms with Crippen LogP contribution in [0.5, 0.6) is 5.75 Å². The molecule has 1 amide bonds. The lowest BCUT2D eigenvalue weighted by Crippen LogP contribution is -2.52. The zero-order valence-corrected chi connectivity index (χ0v) is 12.6. The van der Waals surface area contributed by atoms with E-state index in [4.69, 9.17) is 4.74 Å². The van der Waals surface area contributed by atoms with Gasteiger partial charge in [0.15, 0.2) is 0 Å². The standard InChI is InChI=1S/C14H19BrN2O2/c1-11-10-16-7-8-17(11)14(18)6-9-19-13-5-3-2-4-12(13)15/h2-5,11,16H,6-10H2,1H3. The molecule has 104 valence electrons. The van der Waals surface area contributed by atoms with E-state index < -0.39 is 0 Å². The molecule has 1 fully saturated rings. The van der Waals surface area contributed by atoms with Gasteiger partial charge in [0.25, 0.3) is 0 Å². The predicted octanol–water partition coefficient (Wildman–Crippen LogP) is 2.04. The Morgan fingerprint density at radius 2 is 2.32 bits per heavy atom. The third-order valence-corrected chi connectivity index (χ3v) is 3.89. The minimum Gasteiger partial charge on any atom is -0.492 e. The molecule has 1 aromatic carbocycles. The van der Waals surface area contributed by atoms with Crippen molar-refractivity contribution in [3.05, 3.63) is 28.7 Å². The molecule has 1 saturated heterocycles. The molecule has 2 rings (SSSR count). The maximum atomic E-state index is 12.1. The van der Waals surface area contributed by atoms with Gasteiger partial charge in [0.05, 0.1) is 17.5 Å². The number of hydrogen-bond acceptors (Lipinski definition) is 3. The Morgan fingerprint density at radius 1 is 1.53 bits per heavy atom. The van der Waals surface area contributed by atoms with Gasteiger partial charge in [-0.1, -0.05) is 12.1 Å². The summed E-state index contributed by atoms with van der Waals surface area (Å²) in [6.45, 7) is 5.02. The van der Waals surface area contributed by atoms with Crippen LogP contribution in [0.3, 0.4) is 0 Å². The Bertz CT molecular complexity index is 439. The summed E-state index contributed by atoms with van der Waals surface area (Å²) in [5.41, 5.74) is 0. The van der Waals surface area contributed by atoms with E-state index in [0.29, 0.717) is 13.0 Å². The number of carbonyl (C=O) groups excluding carboxylic acids is 1. The molecule has 5 heteroatoms. The number of carbonyl (C=O) groups is 1. The SMILES string of the molecule is CC1CNCCN1C(=O)CCOc1ccccc1Br. The van der Waals surface area contributed by atoms with E-state index in [0.717, 1.165) is 29.9 Å². The van der Waals surface area contributed by atoms with Crippen LogP contribution in [0.15, 0.2) is 28.7 Å². The first kappa shape index (κ1) is 14.3. The van der Waals surface area contributed by atoms with Crippen LogP contribution < -0.4 is 10.1 Å². The van der Waals surface area contributed by atoms with Crippen molar-refractivity contribution in [1.82, 2.24) is 10.2 Å². The molecular weight excluding hydrogens is 308 g/mol. The molecule has 0 radical (unpaired) electrons. The van der Waals surface area contributed by atoms with E-state index in [-0.39, 0.29) is 11.9 Å². The second kappa shape index (κ2) is 6.91. The Morgan fingerprint density at radius 3 is 3.05 bits per heavy atom. The number of nitrogens with one attached hydrogen (secondary N) is 1. The normalized spacial score (nSPS) is 19.3. The summed E-state index contributed by atoms with van der Waals surface area (Å²) in [5.74, 6) is 0.949. The lowest BCUT2D eigenvalue weighted by atomic mass is 10.2. The number of nitrogens with zero attached hydrogens (tertiary/aromatic N) is 1. The highest BCUT2D eigenvalue weighted by Crippen LogP contribution is 2.23. The predicted molar refractivity (Wildman–Crippen MR) is 78.3 cm³/mol. The van der Waals surface area contributed by atoms with E-state index in [1.807, 2.05) is 29.2 Å². The van der Waals surface area contributed by atoms with Crippen LogP contribution in [0.4, 0.5) is 0 Å². The van der Waals surface area contributed by atoms with Gasteiger partial charge >= 0.3 is 0 Å². The third kappa shape index (κ3) is 3.94. The van der Waals surface area contributed by atoms with Gasteiger partial charge < -0.3 is 15.0 Å². The molecule has 1 N–H and O–H groups in total. The van der Waals surface area contributed by atoms with Crippen LogP contribution in [-0.4, -0.2) is 43.1 Å². The van der Waals surface area contributed by atoms with Crippen LogP contribution in [0, 0.1) is 0 Å². The number of hydrogen-bond donors (Lipinski definition) is 1. The fourth-order valence-corrected chi connectivity index (χ4v) is 2.56. The van der Waals surface area contributed by atoms with Gasteiger partial charge in [-0.3, -0.25) is 4.79 Å². The number of benzene rings is 1. The highest BCUT2D eigenvalue weighted by atomic mass is 79.9. The van der Waals surface area contributed by atoms with Crippen molar-refractivity contribution in [3.8, 4) is 5.75 Å². The molecule has 19 heavy (non-hydrogen) atoms. The maximum absolute atomic E-state index is 12.1. The summed E-state index contributed by atoms with van der Waals surface area (Å²) in [6, 6.07) is 7.94. The maximum Gasteiger partial charge on any atom is 0.226 e. The van der Waals surface area contributed by atoms with Gasteiger partial charge in [0.2, 0.25) is 5.91 Å². The minimum atomic E-state index is 0.168. The van der Waals surface area contributed by atoms with Gasteiger partial charge in [0.1, 0.15) is 5.75 Å². The molecule has 0 aromatic heterocycles. The Balaban J connectivity index is 1.79. The molecule has 1 heterocycles. The second-order valence-corrected chi connectivity index (χ2v) is 5.52. The highest BCUT2D eigenvalue weighted by molar-refractivity contribution is 9.10. The molecule has 4 nitrogen and oxygen atoms in total. The molecule has 1 atom stereocenters. The van der Waals surface area contributed by atoms with E-state index in [2.05, 4.69) is 28.2 Å². The largest absolute Gasteiger partial charge is 0.492 e. The van der Waals surface area contributed by atoms with Gasteiger partial charge in [-0.05, 0) is 35.0 Å². The summed E-state index contributed by atoms with van der Waals surface area (Å²) in [6.07, 6.45) is 0.422. The number of rotatable bonds is 4. The van der Waals surface area contributed by atoms with Gasteiger partial charge in [-0.15, -0.1) is 0 Å². The molecule has 1 aliphatic rings. The molecule has 1 unspecified atom stereocenters. The van der Waals surface area contributed by atoms with Crippen LogP contribution >= 0.6 is 15.9 Å². The summed E-state index contributed by atoms with van der Waals surface area (Å²) in [4.78, 5) is 14.0. The summed E-state index contributed by atoms with van der Waals surface area (Å²) in [5, 5.41) is 3.28. The lowest BCUT2D eigenvalue weighted by molar-refractivity contribution is -0.134. The zero-order valence-electron chi connectivity index (χ0n) is 11.1. The van der Waals surface area contributed by atoms with E-state index >= 15 is 0 Å². The summed E-state index contributed by atoms with van der Waals surface area (Å²) in [7, 11) is 0. The molecule has 1 aliphatic heterocycles. The van der Waals surface area contributed by atoms with Crippen molar-refractivity contribution in [2.45, 2.75) is 19.4 Å².